The SMILES string of the molecule is Cc1ccc(C(=O)OOC2CC(C)CC(C)(C)C2)cc1. The molecule has 3 heteroatoms. The van der Waals surface area contributed by atoms with Crippen molar-refractivity contribution in [3.8, 4) is 0 Å². The highest BCUT2D eigenvalue weighted by Gasteiger charge is 2.33. The van der Waals surface area contributed by atoms with Crippen LogP contribution in [-0.2, 0) is 9.78 Å². The van der Waals surface area contributed by atoms with Crippen LogP contribution in [0.3, 0.4) is 0 Å². The number of carbonyl (C=O) groups is 1. The highest BCUT2D eigenvalue weighted by atomic mass is 17.2. The van der Waals surface area contributed by atoms with Crippen molar-refractivity contribution in [2.45, 2.75) is 53.1 Å². The predicted octanol–water partition coefficient (Wildman–Crippen LogP) is 4.30. The van der Waals surface area contributed by atoms with Crippen molar-refractivity contribution in [3.63, 3.8) is 0 Å². The molecule has 1 aliphatic carbocycles. The number of hydrogen-bond donors (Lipinski definition) is 0. The lowest BCUT2D eigenvalue weighted by atomic mass is 9.71. The van der Waals surface area contributed by atoms with E-state index >= 15 is 0 Å². The van der Waals surface area contributed by atoms with Crippen LogP contribution in [0.4, 0.5) is 0 Å². The van der Waals surface area contributed by atoms with E-state index in [1.54, 1.807) is 12.1 Å². The van der Waals surface area contributed by atoms with Crippen LogP contribution in [-0.4, -0.2) is 12.1 Å². The van der Waals surface area contributed by atoms with Gasteiger partial charge in [-0.25, -0.2) is 4.79 Å². The Bertz CT molecular complexity index is 462. The van der Waals surface area contributed by atoms with Crippen LogP contribution in [0.2, 0.25) is 0 Å². The first-order valence-electron chi connectivity index (χ1n) is 7.30. The molecule has 2 rings (SSSR count). The summed E-state index contributed by atoms with van der Waals surface area (Å²) in [4.78, 5) is 22.3. The van der Waals surface area contributed by atoms with Crippen LogP contribution in [0, 0.1) is 18.3 Å². The van der Waals surface area contributed by atoms with Gasteiger partial charge in [0.1, 0.15) is 6.10 Å². The molecule has 1 fully saturated rings. The third kappa shape index (κ3) is 4.07. The summed E-state index contributed by atoms with van der Waals surface area (Å²) in [7, 11) is 0. The summed E-state index contributed by atoms with van der Waals surface area (Å²) in [5.41, 5.74) is 1.89. The molecule has 0 spiro atoms. The second-order valence-electron chi connectivity index (χ2n) is 6.87. The Morgan fingerprint density at radius 2 is 1.85 bits per heavy atom. The standard InChI is InChI=1S/C17H24O3/c1-12-5-7-14(8-6-12)16(18)20-19-15-9-13(2)10-17(3,4)11-15/h5-8,13,15H,9-11H2,1-4H3. The van der Waals surface area contributed by atoms with E-state index in [1.807, 2.05) is 19.1 Å². The van der Waals surface area contributed by atoms with Gasteiger partial charge in [-0.15, -0.1) is 0 Å². The Balaban J connectivity index is 1.88. The molecule has 1 saturated carbocycles. The average Bonchev–Trinajstić information content (AvgIpc) is 2.34. The van der Waals surface area contributed by atoms with Crippen molar-refractivity contribution in [2.75, 3.05) is 0 Å². The summed E-state index contributed by atoms with van der Waals surface area (Å²) < 4.78 is 0. The molecule has 0 bridgehead atoms. The van der Waals surface area contributed by atoms with E-state index < -0.39 is 5.97 Å². The van der Waals surface area contributed by atoms with Gasteiger partial charge in [-0.3, -0.25) is 4.89 Å². The van der Waals surface area contributed by atoms with Crippen LogP contribution in [0.25, 0.3) is 0 Å². The number of carbonyl (C=O) groups excluding carboxylic acids is 1. The third-order valence-electron chi connectivity index (χ3n) is 3.89. The van der Waals surface area contributed by atoms with E-state index in [0.29, 0.717) is 11.5 Å². The van der Waals surface area contributed by atoms with Gasteiger partial charge in [0.05, 0.1) is 5.56 Å². The molecule has 2 unspecified atom stereocenters. The van der Waals surface area contributed by atoms with Crippen LogP contribution >= 0.6 is 0 Å². The fourth-order valence-corrected chi connectivity index (χ4v) is 3.18. The molecule has 0 N–H and O–H groups in total. The van der Waals surface area contributed by atoms with Crippen molar-refractivity contribution in [3.05, 3.63) is 35.4 Å². The summed E-state index contributed by atoms with van der Waals surface area (Å²) >= 11 is 0. The number of hydrogen-bond acceptors (Lipinski definition) is 3. The topological polar surface area (TPSA) is 35.5 Å². The Morgan fingerprint density at radius 3 is 2.45 bits per heavy atom. The fourth-order valence-electron chi connectivity index (χ4n) is 3.18. The first-order valence-corrected chi connectivity index (χ1v) is 7.30. The molecule has 1 aliphatic rings. The van der Waals surface area contributed by atoms with Gasteiger partial charge in [0, 0.05) is 0 Å². The van der Waals surface area contributed by atoms with Crippen molar-refractivity contribution in [1.82, 2.24) is 0 Å². The Labute approximate surface area is 121 Å². The molecule has 110 valence electrons. The lowest BCUT2D eigenvalue weighted by Gasteiger charge is -2.37. The van der Waals surface area contributed by atoms with Crippen LogP contribution in [0.5, 0.6) is 0 Å². The maximum Gasteiger partial charge on any atom is 0.373 e. The van der Waals surface area contributed by atoms with Gasteiger partial charge in [-0.05, 0) is 49.7 Å². The minimum atomic E-state index is -0.416. The summed E-state index contributed by atoms with van der Waals surface area (Å²) in [6.45, 7) is 8.68. The Hall–Kier alpha value is -1.35. The molecule has 1 aromatic carbocycles. The van der Waals surface area contributed by atoms with E-state index in [9.17, 15) is 4.79 Å². The van der Waals surface area contributed by atoms with E-state index in [1.165, 1.54) is 6.42 Å². The van der Waals surface area contributed by atoms with Crippen LogP contribution < -0.4 is 0 Å². The van der Waals surface area contributed by atoms with Gasteiger partial charge in [0.2, 0.25) is 0 Å². The summed E-state index contributed by atoms with van der Waals surface area (Å²) in [6.07, 6.45) is 3.07. The molecule has 0 saturated heterocycles. The largest absolute Gasteiger partial charge is 0.373 e. The third-order valence-corrected chi connectivity index (χ3v) is 3.89. The van der Waals surface area contributed by atoms with E-state index in [-0.39, 0.29) is 11.5 Å². The first kappa shape index (κ1) is 15.0. The van der Waals surface area contributed by atoms with Crippen molar-refractivity contribution >= 4 is 5.97 Å². The Morgan fingerprint density at radius 1 is 1.20 bits per heavy atom. The molecule has 0 heterocycles. The Kier molecular flexibility index (Phi) is 4.48. The summed E-state index contributed by atoms with van der Waals surface area (Å²) in [5.74, 6) is 0.183. The van der Waals surface area contributed by atoms with Crippen molar-refractivity contribution in [1.29, 1.82) is 0 Å². The molecule has 2 atom stereocenters. The zero-order valence-electron chi connectivity index (χ0n) is 12.8. The van der Waals surface area contributed by atoms with Crippen molar-refractivity contribution in [2.24, 2.45) is 11.3 Å². The smallest absolute Gasteiger partial charge is 0.293 e. The van der Waals surface area contributed by atoms with Crippen molar-refractivity contribution < 1.29 is 14.6 Å². The number of benzene rings is 1. The van der Waals surface area contributed by atoms with Gasteiger partial charge in [-0.1, -0.05) is 38.5 Å². The van der Waals surface area contributed by atoms with E-state index in [4.69, 9.17) is 9.78 Å². The lowest BCUT2D eigenvalue weighted by molar-refractivity contribution is -0.287. The van der Waals surface area contributed by atoms with Crippen LogP contribution in [0.1, 0.15) is 56.0 Å². The highest BCUT2D eigenvalue weighted by molar-refractivity contribution is 5.88. The summed E-state index contributed by atoms with van der Waals surface area (Å²) in [6, 6.07) is 7.30. The molecule has 0 aromatic heterocycles. The first-order chi connectivity index (χ1) is 9.35. The maximum absolute atomic E-state index is 11.9. The van der Waals surface area contributed by atoms with E-state index in [2.05, 4.69) is 20.8 Å². The minimum absolute atomic E-state index is 0.00292. The molecule has 20 heavy (non-hydrogen) atoms. The molecule has 1 aromatic rings. The summed E-state index contributed by atoms with van der Waals surface area (Å²) in [5, 5.41) is 0. The van der Waals surface area contributed by atoms with Gasteiger partial charge in [-0.2, -0.15) is 4.89 Å². The highest BCUT2D eigenvalue weighted by Crippen LogP contribution is 2.39. The molecular formula is C17H24O3. The molecule has 0 radical (unpaired) electrons. The predicted molar refractivity (Wildman–Crippen MR) is 78.3 cm³/mol. The van der Waals surface area contributed by atoms with Gasteiger partial charge < -0.3 is 0 Å². The van der Waals surface area contributed by atoms with E-state index in [0.717, 1.165) is 18.4 Å². The zero-order valence-corrected chi connectivity index (χ0v) is 12.8. The van der Waals surface area contributed by atoms with Crippen LogP contribution in [0.15, 0.2) is 24.3 Å². The van der Waals surface area contributed by atoms with Gasteiger partial charge in [0.25, 0.3) is 0 Å². The minimum Gasteiger partial charge on any atom is -0.293 e. The van der Waals surface area contributed by atoms with Gasteiger partial charge >= 0.3 is 5.97 Å². The lowest BCUT2D eigenvalue weighted by Crippen LogP contribution is -2.33. The molecule has 0 amide bonds. The number of aryl methyl sites for hydroxylation is 1. The molecular weight excluding hydrogens is 252 g/mol. The molecule has 0 aliphatic heterocycles. The second kappa shape index (κ2) is 5.96. The zero-order chi connectivity index (χ0) is 14.8. The molecule has 3 nitrogen and oxygen atoms in total. The maximum atomic E-state index is 11.9. The second-order valence-corrected chi connectivity index (χ2v) is 6.87. The fraction of sp³-hybridized carbons (Fsp3) is 0.588. The quantitative estimate of drug-likeness (QED) is 0.610. The number of rotatable bonds is 3. The normalized spacial score (nSPS) is 25.2. The monoisotopic (exact) mass is 276 g/mol. The average molecular weight is 276 g/mol. The van der Waals surface area contributed by atoms with Gasteiger partial charge in [0.15, 0.2) is 0 Å².